The number of amides is 1. The molecule has 0 spiro atoms. The quantitative estimate of drug-likeness (QED) is 0.0262. The summed E-state index contributed by atoms with van der Waals surface area (Å²) in [5.74, 6) is -0.223. The molecule has 0 aromatic carbocycles. The second kappa shape index (κ2) is 47.0. The van der Waals surface area contributed by atoms with E-state index in [1.165, 1.54) is 38.5 Å². The molecule has 0 bridgehead atoms. The van der Waals surface area contributed by atoms with Crippen molar-refractivity contribution in [2.24, 2.45) is 0 Å². The lowest BCUT2D eigenvalue weighted by molar-refractivity contribution is -0.302. The van der Waals surface area contributed by atoms with Gasteiger partial charge in [0.1, 0.15) is 24.4 Å². The molecule has 1 fully saturated rings. The van der Waals surface area contributed by atoms with E-state index in [9.17, 15) is 30.3 Å². The fraction of sp³-hybridized carbons (Fsp3) is 0.610. The lowest BCUT2D eigenvalue weighted by atomic mass is 9.99. The standard InChI is InChI=1S/C59H95NO8/c1-3-5-7-9-11-13-15-17-19-21-22-23-24-25-26-27-28-29-30-31-32-33-35-37-39-41-43-45-47-49-55(63)60-52(51-67-59-58(66)57(65)56(64)54(50-61)68-59)53(62)48-46-44-42-40-38-36-34-20-18-16-14-12-10-8-6-4-2/h5,7,11,13,17-20,22-23,25-26,28-29,31-32,35,37-38,40,46,48,52-54,56-59,61-62,64-66H,3-4,6,8-10,12,14-16,21,24,27,30,33-34,36,39,41-45,47,49-51H2,1-2H3,(H,60,63)/b7-5-,13-11-,19-17-,20-18+,23-22-,26-25-,29-28-,32-31-,37-35-,40-38+,48-46+. The van der Waals surface area contributed by atoms with Gasteiger partial charge in [-0.1, -0.05) is 192 Å². The van der Waals surface area contributed by atoms with Gasteiger partial charge in [-0.15, -0.1) is 0 Å². The molecule has 9 nitrogen and oxygen atoms in total. The molecule has 68 heavy (non-hydrogen) atoms. The molecule has 1 rings (SSSR count). The SMILES string of the molecule is CC/C=C\C/C=C\C/C=C\C/C=C\C/C=C\C/C=C\C/C=C\C/C=C\CCCCCCC(=O)NC(COC1OC(CO)C(O)C(O)C1O)C(O)/C=C/CC/C=C/CC/C=C/CCCCCCCC. The highest BCUT2D eigenvalue weighted by Gasteiger charge is 2.44. The van der Waals surface area contributed by atoms with Crippen LogP contribution in [0.1, 0.15) is 174 Å². The minimum Gasteiger partial charge on any atom is -0.394 e. The zero-order valence-corrected chi connectivity index (χ0v) is 42.3. The molecular weight excluding hydrogens is 851 g/mol. The van der Waals surface area contributed by atoms with Gasteiger partial charge in [-0.2, -0.15) is 0 Å². The lowest BCUT2D eigenvalue weighted by Gasteiger charge is -2.40. The van der Waals surface area contributed by atoms with Crippen LogP contribution in [0.25, 0.3) is 0 Å². The topological polar surface area (TPSA) is 149 Å². The maximum absolute atomic E-state index is 13.0. The van der Waals surface area contributed by atoms with Crippen molar-refractivity contribution in [1.29, 1.82) is 0 Å². The van der Waals surface area contributed by atoms with Crippen molar-refractivity contribution in [3.63, 3.8) is 0 Å². The molecule has 9 heteroatoms. The molecule has 7 unspecified atom stereocenters. The van der Waals surface area contributed by atoms with Crippen molar-refractivity contribution >= 4 is 5.91 Å². The number of carbonyl (C=O) groups is 1. The first kappa shape index (κ1) is 62.3. The number of carbonyl (C=O) groups excluding carboxylic acids is 1. The Morgan fingerprint density at radius 1 is 0.515 bits per heavy atom. The Morgan fingerprint density at radius 2 is 0.926 bits per heavy atom. The van der Waals surface area contributed by atoms with E-state index in [2.05, 4.69) is 141 Å². The summed E-state index contributed by atoms with van der Waals surface area (Å²) in [4.78, 5) is 13.0. The summed E-state index contributed by atoms with van der Waals surface area (Å²) < 4.78 is 11.2. The van der Waals surface area contributed by atoms with Crippen molar-refractivity contribution < 1.29 is 39.8 Å². The number of nitrogens with one attached hydrogen (secondary N) is 1. The summed E-state index contributed by atoms with van der Waals surface area (Å²) in [5.41, 5.74) is 0. The molecule has 0 aliphatic carbocycles. The number of hydrogen-bond acceptors (Lipinski definition) is 8. The number of aliphatic hydroxyl groups is 5. The number of hydrogen-bond donors (Lipinski definition) is 6. The van der Waals surface area contributed by atoms with Crippen LogP contribution in [0.4, 0.5) is 0 Å². The van der Waals surface area contributed by atoms with Crippen molar-refractivity contribution in [2.45, 2.75) is 217 Å². The van der Waals surface area contributed by atoms with Crippen LogP contribution < -0.4 is 5.32 Å². The first-order valence-corrected chi connectivity index (χ1v) is 26.4. The van der Waals surface area contributed by atoms with Crippen LogP contribution in [0.15, 0.2) is 134 Å². The van der Waals surface area contributed by atoms with Gasteiger partial charge in [0.05, 0.1) is 25.4 Å². The highest BCUT2D eigenvalue weighted by Crippen LogP contribution is 2.22. The number of allylic oxidation sites excluding steroid dienone is 21. The van der Waals surface area contributed by atoms with Crippen LogP contribution in [0, 0.1) is 0 Å². The largest absolute Gasteiger partial charge is 0.394 e. The molecule has 6 N–H and O–H groups in total. The van der Waals surface area contributed by atoms with Gasteiger partial charge in [0, 0.05) is 6.42 Å². The van der Waals surface area contributed by atoms with Gasteiger partial charge < -0.3 is 40.3 Å². The van der Waals surface area contributed by atoms with Crippen LogP contribution in [0.5, 0.6) is 0 Å². The predicted molar refractivity (Wildman–Crippen MR) is 285 cm³/mol. The van der Waals surface area contributed by atoms with Gasteiger partial charge in [-0.3, -0.25) is 4.79 Å². The third kappa shape index (κ3) is 36.3. The maximum Gasteiger partial charge on any atom is 0.220 e. The van der Waals surface area contributed by atoms with E-state index in [-0.39, 0.29) is 12.5 Å². The Kier molecular flexibility index (Phi) is 43.1. The lowest BCUT2D eigenvalue weighted by Crippen LogP contribution is -2.60. The van der Waals surface area contributed by atoms with Gasteiger partial charge in [0.15, 0.2) is 6.29 Å². The maximum atomic E-state index is 13.0. The van der Waals surface area contributed by atoms with Crippen LogP contribution in [-0.2, 0) is 14.3 Å². The zero-order valence-electron chi connectivity index (χ0n) is 42.3. The number of aliphatic hydroxyl groups excluding tert-OH is 5. The van der Waals surface area contributed by atoms with E-state index in [0.29, 0.717) is 19.3 Å². The highest BCUT2D eigenvalue weighted by molar-refractivity contribution is 5.76. The fourth-order valence-electron chi connectivity index (χ4n) is 7.26. The summed E-state index contributed by atoms with van der Waals surface area (Å²) >= 11 is 0. The number of unbranched alkanes of at least 4 members (excludes halogenated alkanes) is 12. The molecule has 1 amide bonds. The van der Waals surface area contributed by atoms with Crippen molar-refractivity contribution in [3.8, 4) is 0 Å². The van der Waals surface area contributed by atoms with Crippen LogP contribution >= 0.6 is 0 Å². The van der Waals surface area contributed by atoms with E-state index >= 15 is 0 Å². The monoisotopic (exact) mass is 946 g/mol. The molecule has 0 aromatic rings. The van der Waals surface area contributed by atoms with Crippen LogP contribution in [0.2, 0.25) is 0 Å². The van der Waals surface area contributed by atoms with E-state index in [4.69, 9.17) is 9.47 Å². The molecule has 0 radical (unpaired) electrons. The van der Waals surface area contributed by atoms with E-state index in [1.54, 1.807) is 6.08 Å². The van der Waals surface area contributed by atoms with E-state index in [0.717, 1.165) is 103 Å². The minimum atomic E-state index is -1.59. The summed E-state index contributed by atoms with van der Waals surface area (Å²) in [6.45, 7) is 3.59. The molecule has 0 aromatic heterocycles. The Balaban J connectivity index is 2.33. The average Bonchev–Trinajstić information content (AvgIpc) is 3.34. The average molecular weight is 946 g/mol. The van der Waals surface area contributed by atoms with Gasteiger partial charge in [0.25, 0.3) is 0 Å². The molecule has 1 saturated heterocycles. The van der Waals surface area contributed by atoms with Gasteiger partial charge in [0.2, 0.25) is 5.91 Å². The Hall–Kier alpha value is -3.67. The Bertz CT molecular complexity index is 1520. The Labute approximate surface area is 413 Å². The van der Waals surface area contributed by atoms with Gasteiger partial charge >= 0.3 is 0 Å². The molecule has 1 aliphatic rings. The number of rotatable bonds is 42. The van der Waals surface area contributed by atoms with Crippen molar-refractivity contribution in [1.82, 2.24) is 5.32 Å². The molecule has 1 heterocycles. The fourth-order valence-corrected chi connectivity index (χ4v) is 7.26. The minimum absolute atomic E-state index is 0.223. The molecule has 384 valence electrons. The van der Waals surface area contributed by atoms with Crippen molar-refractivity contribution in [2.75, 3.05) is 13.2 Å². The third-order valence-electron chi connectivity index (χ3n) is 11.4. The van der Waals surface area contributed by atoms with Crippen molar-refractivity contribution in [3.05, 3.63) is 134 Å². The Morgan fingerprint density at radius 3 is 1.41 bits per heavy atom. The third-order valence-corrected chi connectivity index (χ3v) is 11.4. The normalized spacial score (nSPS) is 20.7. The van der Waals surface area contributed by atoms with E-state index < -0.39 is 49.5 Å². The summed E-state index contributed by atoms with van der Waals surface area (Å²) in [6.07, 6.45) is 65.0. The van der Waals surface area contributed by atoms with E-state index in [1.807, 2.05) is 6.08 Å². The number of ether oxygens (including phenoxy) is 2. The van der Waals surface area contributed by atoms with Crippen LogP contribution in [0.3, 0.4) is 0 Å². The highest BCUT2D eigenvalue weighted by atomic mass is 16.7. The van der Waals surface area contributed by atoms with Crippen LogP contribution in [-0.4, -0.2) is 87.5 Å². The van der Waals surface area contributed by atoms with Gasteiger partial charge in [-0.25, -0.2) is 0 Å². The second-order valence-electron chi connectivity index (χ2n) is 17.6. The smallest absolute Gasteiger partial charge is 0.220 e. The molecule has 1 aliphatic heterocycles. The molecular formula is C59H95NO8. The first-order valence-electron chi connectivity index (χ1n) is 26.4. The second-order valence-corrected chi connectivity index (χ2v) is 17.6. The summed E-state index contributed by atoms with van der Waals surface area (Å²) in [7, 11) is 0. The summed E-state index contributed by atoms with van der Waals surface area (Å²) in [5, 5.41) is 54.3. The summed E-state index contributed by atoms with van der Waals surface area (Å²) in [6, 6.07) is -0.852. The van der Waals surface area contributed by atoms with Gasteiger partial charge in [-0.05, 0) is 109 Å². The first-order chi connectivity index (χ1) is 33.3. The predicted octanol–water partition coefficient (Wildman–Crippen LogP) is 12.6. The molecule has 7 atom stereocenters. The zero-order chi connectivity index (χ0) is 49.4. The molecule has 0 saturated carbocycles.